The molecule has 0 radical (unpaired) electrons. The first kappa shape index (κ1) is 35.5. The van der Waals surface area contributed by atoms with Crippen molar-refractivity contribution in [3.05, 3.63) is 265 Å². The van der Waals surface area contributed by atoms with Crippen LogP contribution in [0.2, 0.25) is 0 Å². The Morgan fingerprint density at radius 2 is 0.587 bits per heavy atom. The fourth-order valence-electron chi connectivity index (χ4n) is 10.8. The monoisotopic (exact) mass is 800 g/mol. The van der Waals surface area contributed by atoms with E-state index in [0.717, 1.165) is 34.1 Å². The third-order valence-corrected chi connectivity index (χ3v) is 13.5. The van der Waals surface area contributed by atoms with Crippen LogP contribution in [-0.4, -0.2) is 0 Å². The van der Waals surface area contributed by atoms with Crippen LogP contribution in [0.1, 0.15) is 22.3 Å². The van der Waals surface area contributed by atoms with E-state index in [1.54, 1.807) is 0 Å². The lowest BCUT2D eigenvalue weighted by Crippen LogP contribution is -2.26. The highest BCUT2D eigenvalue weighted by Gasteiger charge is 2.52. The van der Waals surface area contributed by atoms with Crippen LogP contribution >= 0.6 is 0 Å². The van der Waals surface area contributed by atoms with E-state index in [1.165, 1.54) is 76.8 Å². The minimum Gasteiger partial charge on any atom is -0.310 e. The van der Waals surface area contributed by atoms with Gasteiger partial charge in [0.15, 0.2) is 0 Å². The molecule has 63 heavy (non-hydrogen) atoms. The van der Waals surface area contributed by atoms with E-state index in [4.69, 9.17) is 0 Å². The van der Waals surface area contributed by atoms with Crippen molar-refractivity contribution in [3.63, 3.8) is 0 Å². The Morgan fingerprint density at radius 1 is 0.206 bits per heavy atom. The second-order valence-electron chi connectivity index (χ2n) is 16.9. The lowest BCUT2D eigenvalue weighted by molar-refractivity contribution is 0.795. The Balaban J connectivity index is 1.05. The van der Waals surface area contributed by atoms with Crippen molar-refractivity contribution in [1.29, 1.82) is 0 Å². The predicted octanol–water partition coefficient (Wildman–Crippen LogP) is 16.4. The second-order valence-corrected chi connectivity index (χ2v) is 16.9. The number of anilines is 6. The zero-order valence-corrected chi connectivity index (χ0v) is 34.5. The first-order chi connectivity index (χ1) is 31.2. The molecule has 0 bridgehead atoms. The molecule has 1 spiro atoms. The standard InChI is InChI=1S/C61H40N2/c1-3-19-47(20-4-1)62(49-30-27-41-15-7-9-17-43(41)35-49)51-32-29-45-38-56-55-34-33-52(63(48-21-5-2-6-22-48)50-31-28-42-16-8-10-18-44(42)36-50)40-60(55)61(59(56)39-46(45)37-51)57-25-13-11-23-53(57)54-24-12-14-26-58(54)61/h1-40H. The maximum absolute atomic E-state index is 2.51. The van der Waals surface area contributed by atoms with E-state index in [0.29, 0.717) is 0 Å². The van der Waals surface area contributed by atoms with Gasteiger partial charge in [-0.05, 0) is 162 Å². The van der Waals surface area contributed by atoms with E-state index < -0.39 is 5.41 Å². The first-order valence-electron chi connectivity index (χ1n) is 21.8. The summed E-state index contributed by atoms with van der Waals surface area (Å²) in [5.41, 5.74) is 16.7. The number of hydrogen-bond acceptors (Lipinski definition) is 2. The molecule has 0 saturated carbocycles. The van der Waals surface area contributed by atoms with Crippen LogP contribution in [0.3, 0.4) is 0 Å². The highest BCUT2D eigenvalue weighted by atomic mass is 15.1. The van der Waals surface area contributed by atoms with E-state index in [1.807, 2.05) is 0 Å². The van der Waals surface area contributed by atoms with Crippen LogP contribution in [0, 0.1) is 0 Å². The zero-order chi connectivity index (χ0) is 41.5. The number of benzene rings is 11. The Morgan fingerprint density at radius 3 is 1.14 bits per heavy atom. The Kier molecular flexibility index (Phi) is 7.85. The van der Waals surface area contributed by atoms with Gasteiger partial charge in [0, 0.05) is 34.1 Å². The highest BCUT2D eigenvalue weighted by Crippen LogP contribution is 2.64. The molecule has 2 aliphatic carbocycles. The second kappa shape index (κ2) is 13.9. The maximum Gasteiger partial charge on any atom is 0.0726 e. The molecule has 13 rings (SSSR count). The zero-order valence-electron chi connectivity index (χ0n) is 34.5. The summed E-state index contributed by atoms with van der Waals surface area (Å²) in [5.74, 6) is 0. The van der Waals surface area contributed by atoms with Gasteiger partial charge >= 0.3 is 0 Å². The first-order valence-corrected chi connectivity index (χ1v) is 21.8. The molecule has 2 aliphatic rings. The number of nitrogens with zero attached hydrogens (tertiary/aromatic N) is 2. The molecule has 0 atom stereocenters. The molecule has 0 aliphatic heterocycles. The molecule has 0 saturated heterocycles. The summed E-state index contributed by atoms with van der Waals surface area (Å²) in [4.78, 5) is 4.81. The van der Waals surface area contributed by atoms with E-state index in [9.17, 15) is 0 Å². The van der Waals surface area contributed by atoms with Gasteiger partial charge in [-0.25, -0.2) is 0 Å². The smallest absolute Gasteiger partial charge is 0.0726 e. The Hall–Kier alpha value is -8.20. The quantitative estimate of drug-likeness (QED) is 0.165. The lowest BCUT2D eigenvalue weighted by atomic mass is 9.70. The van der Waals surface area contributed by atoms with Crippen molar-refractivity contribution in [3.8, 4) is 22.3 Å². The molecular weight excluding hydrogens is 761 g/mol. The molecule has 11 aromatic carbocycles. The number of para-hydroxylation sites is 2. The molecule has 0 unspecified atom stereocenters. The average molecular weight is 801 g/mol. The van der Waals surface area contributed by atoms with E-state index >= 15 is 0 Å². The molecule has 0 heterocycles. The van der Waals surface area contributed by atoms with Gasteiger partial charge in [-0.1, -0.05) is 158 Å². The molecule has 0 aromatic heterocycles. The summed E-state index contributed by atoms with van der Waals surface area (Å²) < 4.78 is 0. The average Bonchev–Trinajstić information content (AvgIpc) is 3.80. The van der Waals surface area contributed by atoms with E-state index in [2.05, 4.69) is 252 Å². The molecular formula is C61H40N2. The SMILES string of the molecule is c1ccc(N(c2ccc3c(c2)C2(c4ccccc4-c4ccccc42)c2cc4cc(N(c5ccccc5)c5ccc6ccccc6c5)ccc4cc2-3)c2ccc3ccccc3c2)cc1. The van der Waals surface area contributed by atoms with Crippen LogP contribution in [0.15, 0.2) is 243 Å². The third-order valence-electron chi connectivity index (χ3n) is 13.5. The van der Waals surface area contributed by atoms with Gasteiger partial charge in [0.1, 0.15) is 0 Å². The summed E-state index contributed by atoms with van der Waals surface area (Å²) in [7, 11) is 0. The molecule has 0 amide bonds. The summed E-state index contributed by atoms with van der Waals surface area (Å²) in [6.07, 6.45) is 0. The van der Waals surface area contributed by atoms with Crippen molar-refractivity contribution < 1.29 is 0 Å². The van der Waals surface area contributed by atoms with Crippen molar-refractivity contribution in [2.24, 2.45) is 0 Å². The van der Waals surface area contributed by atoms with Crippen molar-refractivity contribution in [2.45, 2.75) is 5.41 Å². The summed E-state index contributed by atoms with van der Waals surface area (Å²) >= 11 is 0. The fraction of sp³-hybridized carbons (Fsp3) is 0.0164. The van der Waals surface area contributed by atoms with Gasteiger partial charge in [-0.3, -0.25) is 0 Å². The van der Waals surface area contributed by atoms with Crippen LogP contribution < -0.4 is 9.80 Å². The van der Waals surface area contributed by atoms with Gasteiger partial charge in [0.05, 0.1) is 5.41 Å². The van der Waals surface area contributed by atoms with Crippen molar-refractivity contribution >= 4 is 66.4 Å². The third kappa shape index (κ3) is 5.38. The number of fused-ring (bicyclic) bond motifs is 13. The van der Waals surface area contributed by atoms with Gasteiger partial charge in [0.2, 0.25) is 0 Å². The van der Waals surface area contributed by atoms with Crippen molar-refractivity contribution in [1.82, 2.24) is 0 Å². The van der Waals surface area contributed by atoms with Crippen molar-refractivity contribution in [2.75, 3.05) is 9.80 Å². The van der Waals surface area contributed by atoms with Gasteiger partial charge < -0.3 is 9.80 Å². The Bertz CT molecular complexity index is 3540. The molecule has 2 nitrogen and oxygen atoms in total. The van der Waals surface area contributed by atoms with Gasteiger partial charge in [-0.2, -0.15) is 0 Å². The predicted molar refractivity (Wildman–Crippen MR) is 265 cm³/mol. The number of rotatable bonds is 6. The van der Waals surface area contributed by atoms with Gasteiger partial charge in [-0.15, -0.1) is 0 Å². The minimum absolute atomic E-state index is 0.527. The highest BCUT2D eigenvalue weighted by molar-refractivity contribution is 6.02. The maximum atomic E-state index is 2.51. The molecule has 11 aromatic rings. The summed E-state index contributed by atoms with van der Waals surface area (Å²) in [6, 6.07) is 89.7. The van der Waals surface area contributed by atoms with Crippen LogP contribution in [-0.2, 0) is 5.41 Å². The largest absolute Gasteiger partial charge is 0.310 e. The summed E-state index contributed by atoms with van der Waals surface area (Å²) in [5, 5.41) is 7.34. The Labute approximate surface area is 367 Å². The van der Waals surface area contributed by atoms with E-state index in [-0.39, 0.29) is 0 Å². The van der Waals surface area contributed by atoms with Gasteiger partial charge in [0.25, 0.3) is 0 Å². The molecule has 2 heteroatoms. The van der Waals surface area contributed by atoms with Crippen LogP contribution in [0.25, 0.3) is 54.6 Å². The molecule has 294 valence electrons. The fourth-order valence-corrected chi connectivity index (χ4v) is 10.8. The lowest BCUT2D eigenvalue weighted by Gasteiger charge is -2.32. The van der Waals surface area contributed by atoms with Crippen LogP contribution in [0.4, 0.5) is 34.1 Å². The summed E-state index contributed by atoms with van der Waals surface area (Å²) in [6.45, 7) is 0. The molecule has 0 N–H and O–H groups in total. The normalized spacial score (nSPS) is 12.9. The molecule has 0 fully saturated rings. The van der Waals surface area contributed by atoms with Crippen LogP contribution in [0.5, 0.6) is 0 Å². The number of hydrogen-bond donors (Lipinski definition) is 0. The topological polar surface area (TPSA) is 6.48 Å². The minimum atomic E-state index is -0.527.